The monoisotopic (exact) mass is 558 g/mol. The summed E-state index contributed by atoms with van der Waals surface area (Å²) in [6, 6.07) is 14.8. The van der Waals surface area contributed by atoms with Gasteiger partial charge >= 0.3 is 11.9 Å². The first-order chi connectivity index (χ1) is 19.2. The average molecular weight is 559 g/mol. The second kappa shape index (κ2) is 10.8. The van der Waals surface area contributed by atoms with Gasteiger partial charge in [-0.05, 0) is 68.3 Å². The topological polar surface area (TPSA) is 120 Å². The maximum atomic E-state index is 13.8. The zero-order valence-electron chi connectivity index (χ0n) is 22.3. The first-order valence-electron chi connectivity index (χ1n) is 12.5. The van der Waals surface area contributed by atoms with Crippen molar-refractivity contribution in [3.63, 3.8) is 0 Å². The molecule has 0 saturated carbocycles. The summed E-state index contributed by atoms with van der Waals surface area (Å²) in [6.07, 6.45) is 1.64. The minimum Gasteiger partial charge on any atom is -0.497 e. The van der Waals surface area contributed by atoms with Gasteiger partial charge < -0.3 is 19.0 Å². The van der Waals surface area contributed by atoms with Crippen LogP contribution >= 0.6 is 11.3 Å². The smallest absolute Gasteiger partial charge is 0.338 e. The maximum Gasteiger partial charge on any atom is 0.338 e. The van der Waals surface area contributed by atoms with Crippen molar-refractivity contribution in [3.05, 3.63) is 108 Å². The molecule has 204 valence electrons. The molecule has 1 aliphatic heterocycles. The number of thiazole rings is 1. The number of carbonyl (C=O) groups excluding carboxylic acids is 1. The summed E-state index contributed by atoms with van der Waals surface area (Å²) in [5, 5.41) is 9.24. The van der Waals surface area contributed by atoms with Crippen molar-refractivity contribution in [3.8, 4) is 17.1 Å². The summed E-state index contributed by atoms with van der Waals surface area (Å²) in [4.78, 5) is 43.2. The molecule has 2 aromatic heterocycles. The largest absolute Gasteiger partial charge is 0.497 e. The molecule has 0 saturated heterocycles. The molecule has 1 aliphatic rings. The predicted octanol–water partition coefficient (Wildman–Crippen LogP) is 4.07. The Kier molecular flexibility index (Phi) is 7.27. The van der Waals surface area contributed by atoms with Crippen molar-refractivity contribution in [2.24, 2.45) is 4.99 Å². The number of benzene rings is 2. The summed E-state index contributed by atoms with van der Waals surface area (Å²) in [5.74, 6) is 0.0428. The zero-order valence-corrected chi connectivity index (χ0v) is 23.1. The summed E-state index contributed by atoms with van der Waals surface area (Å²) in [5.41, 5.74) is 2.81. The number of nitrogens with zero attached hydrogens (tertiary/aromatic N) is 2. The molecule has 9 nitrogen and oxygen atoms in total. The van der Waals surface area contributed by atoms with Gasteiger partial charge in [-0.2, -0.15) is 0 Å². The highest BCUT2D eigenvalue weighted by Gasteiger charge is 2.33. The van der Waals surface area contributed by atoms with Crippen molar-refractivity contribution in [2.45, 2.75) is 26.8 Å². The molecule has 0 unspecified atom stereocenters. The first-order valence-corrected chi connectivity index (χ1v) is 13.3. The molecule has 0 bridgehead atoms. The van der Waals surface area contributed by atoms with E-state index in [2.05, 4.69) is 4.99 Å². The quantitative estimate of drug-likeness (QED) is 0.340. The molecule has 5 rings (SSSR count). The van der Waals surface area contributed by atoms with Gasteiger partial charge in [0, 0.05) is 11.6 Å². The Morgan fingerprint density at radius 3 is 2.65 bits per heavy atom. The van der Waals surface area contributed by atoms with E-state index in [-0.39, 0.29) is 23.3 Å². The van der Waals surface area contributed by atoms with E-state index in [1.807, 2.05) is 13.0 Å². The van der Waals surface area contributed by atoms with E-state index in [0.717, 1.165) is 11.1 Å². The van der Waals surface area contributed by atoms with Crippen molar-refractivity contribution >= 4 is 29.4 Å². The van der Waals surface area contributed by atoms with Gasteiger partial charge in [-0.25, -0.2) is 14.6 Å². The van der Waals surface area contributed by atoms with Gasteiger partial charge in [0.2, 0.25) is 0 Å². The second-order valence-electron chi connectivity index (χ2n) is 9.12. The van der Waals surface area contributed by atoms with Gasteiger partial charge in [0.05, 0.1) is 41.1 Å². The molecule has 40 heavy (non-hydrogen) atoms. The molecule has 3 heterocycles. The van der Waals surface area contributed by atoms with E-state index in [0.29, 0.717) is 37.9 Å². The van der Waals surface area contributed by atoms with Crippen LogP contribution in [0.2, 0.25) is 0 Å². The number of furan rings is 1. The van der Waals surface area contributed by atoms with Gasteiger partial charge in [-0.15, -0.1) is 0 Å². The van der Waals surface area contributed by atoms with Crippen LogP contribution in [-0.2, 0) is 9.53 Å². The number of ether oxygens (including phenoxy) is 2. The Morgan fingerprint density at radius 2 is 1.95 bits per heavy atom. The minimum absolute atomic E-state index is 0.185. The fourth-order valence-corrected chi connectivity index (χ4v) is 5.72. The maximum absolute atomic E-state index is 13.8. The number of carboxylic acid groups (broad SMARTS) is 1. The molecule has 2 aromatic carbocycles. The number of hydrogen-bond acceptors (Lipinski definition) is 8. The van der Waals surface area contributed by atoms with Gasteiger partial charge in [-0.1, -0.05) is 29.5 Å². The summed E-state index contributed by atoms with van der Waals surface area (Å²) in [7, 11) is 1.55. The number of aromatic nitrogens is 1. The average Bonchev–Trinajstić information content (AvgIpc) is 3.52. The van der Waals surface area contributed by atoms with E-state index in [4.69, 9.17) is 13.9 Å². The van der Waals surface area contributed by atoms with Crippen LogP contribution in [0.3, 0.4) is 0 Å². The molecule has 10 heteroatoms. The Morgan fingerprint density at radius 1 is 1.15 bits per heavy atom. The third-order valence-corrected chi connectivity index (χ3v) is 7.55. The van der Waals surface area contributed by atoms with Crippen molar-refractivity contribution in [1.82, 2.24) is 4.57 Å². The number of carboxylic acids is 1. The number of methoxy groups -OCH3 is 1. The van der Waals surface area contributed by atoms with Crippen LogP contribution in [0.1, 0.15) is 47.1 Å². The number of rotatable bonds is 7. The third kappa shape index (κ3) is 4.89. The van der Waals surface area contributed by atoms with Crippen LogP contribution in [0.25, 0.3) is 17.4 Å². The lowest BCUT2D eigenvalue weighted by atomic mass is 9.95. The first kappa shape index (κ1) is 26.9. The SMILES string of the molecule is CCOC(=O)C1=C(C)N=c2s/c(=C\c3ccc(-c4ccc(C(=O)O)cc4C)o3)c(=O)n2[C@@H]1c1cccc(OC)c1. The molecule has 0 spiro atoms. The summed E-state index contributed by atoms with van der Waals surface area (Å²) in [6.45, 7) is 5.45. The Balaban J connectivity index is 1.62. The van der Waals surface area contributed by atoms with E-state index >= 15 is 0 Å². The Hall–Kier alpha value is -4.70. The number of carbonyl (C=O) groups is 2. The third-order valence-electron chi connectivity index (χ3n) is 6.57. The fourth-order valence-electron chi connectivity index (χ4n) is 4.70. The molecule has 1 N–H and O–H groups in total. The lowest BCUT2D eigenvalue weighted by Gasteiger charge is -2.24. The number of allylic oxidation sites excluding steroid dienone is 1. The van der Waals surface area contributed by atoms with E-state index < -0.39 is 18.0 Å². The molecule has 0 fully saturated rings. The molecule has 0 aliphatic carbocycles. The van der Waals surface area contributed by atoms with Crippen molar-refractivity contribution < 1.29 is 28.6 Å². The van der Waals surface area contributed by atoms with E-state index in [9.17, 15) is 19.5 Å². The molecule has 4 aromatic rings. The number of esters is 1. The van der Waals surface area contributed by atoms with Crippen LogP contribution in [0, 0.1) is 6.92 Å². The standard InChI is InChI=1S/C30H26N2O7S/c1-5-38-29(36)25-17(3)31-30-32(26(25)18-7-6-8-20(14-18)37-4)27(33)24(40-30)15-21-10-12-23(39-21)22-11-9-19(28(34)35)13-16(22)2/h6-15,26H,5H2,1-4H3,(H,34,35)/b24-15-/t26-/m1/s1. The van der Waals surface area contributed by atoms with Gasteiger partial charge in [-0.3, -0.25) is 9.36 Å². The molecule has 0 radical (unpaired) electrons. The van der Waals surface area contributed by atoms with Crippen LogP contribution in [-0.4, -0.2) is 35.3 Å². The highest BCUT2D eigenvalue weighted by atomic mass is 32.1. The van der Waals surface area contributed by atoms with Crippen molar-refractivity contribution in [1.29, 1.82) is 0 Å². The molecular weight excluding hydrogens is 532 g/mol. The van der Waals surface area contributed by atoms with E-state index in [1.165, 1.54) is 22.0 Å². The summed E-state index contributed by atoms with van der Waals surface area (Å²) < 4.78 is 18.6. The fraction of sp³-hybridized carbons (Fsp3) is 0.200. The van der Waals surface area contributed by atoms with E-state index in [1.54, 1.807) is 69.5 Å². The Bertz CT molecular complexity index is 1860. The van der Waals surface area contributed by atoms with Crippen LogP contribution < -0.4 is 19.6 Å². The molecule has 0 amide bonds. The van der Waals surface area contributed by atoms with Gasteiger partial charge in [0.1, 0.15) is 17.3 Å². The summed E-state index contributed by atoms with van der Waals surface area (Å²) >= 11 is 1.19. The number of hydrogen-bond donors (Lipinski definition) is 1. The zero-order chi connectivity index (χ0) is 28.6. The number of fused-ring (bicyclic) bond motifs is 1. The second-order valence-corrected chi connectivity index (χ2v) is 10.1. The highest BCUT2D eigenvalue weighted by Crippen LogP contribution is 2.32. The predicted molar refractivity (Wildman–Crippen MR) is 149 cm³/mol. The highest BCUT2D eigenvalue weighted by molar-refractivity contribution is 7.07. The number of aryl methyl sites for hydroxylation is 1. The van der Waals surface area contributed by atoms with Crippen LogP contribution in [0.5, 0.6) is 5.75 Å². The Labute approximate surface area is 232 Å². The normalized spacial score (nSPS) is 15.0. The molecular formula is C30H26N2O7S. The molecule has 1 atom stereocenters. The van der Waals surface area contributed by atoms with Crippen molar-refractivity contribution in [2.75, 3.05) is 13.7 Å². The number of aromatic carboxylic acids is 1. The van der Waals surface area contributed by atoms with Crippen LogP contribution in [0.15, 0.2) is 80.1 Å². The lowest BCUT2D eigenvalue weighted by molar-refractivity contribution is -0.139. The van der Waals surface area contributed by atoms with Gasteiger partial charge in [0.25, 0.3) is 5.56 Å². The minimum atomic E-state index is -1.00. The lowest BCUT2D eigenvalue weighted by Crippen LogP contribution is -2.39. The van der Waals surface area contributed by atoms with Crippen LogP contribution in [0.4, 0.5) is 0 Å². The van der Waals surface area contributed by atoms with Gasteiger partial charge in [0.15, 0.2) is 4.80 Å².